The molecular weight excluding hydrogens is 425 g/mol. The van der Waals surface area contributed by atoms with Crippen molar-refractivity contribution in [2.24, 2.45) is 5.92 Å². The molecule has 1 aliphatic rings. The molecule has 3 aromatic rings. The van der Waals surface area contributed by atoms with Crippen molar-refractivity contribution in [3.8, 4) is 0 Å². The van der Waals surface area contributed by atoms with Crippen LogP contribution < -0.4 is 0 Å². The highest BCUT2D eigenvalue weighted by atomic mass is 32.2. The van der Waals surface area contributed by atoms with E-state index in [-0.39, 0.29) is 23.2 Å². The maximum Gasteiger partial charge on any atom is 0.296 e. The third kappa shape index (κ3) is 5.51. The van der Waals surface area contributed by atoms with Crippen LogP contribution in [0, 0.1) is 18.7 Å². The van der Waals surface area contributed by atoms with E-state index in [2.05, 4.69) is 23.1 Å². The third-order valence-electron chi connectivity index (χ3n) is 5.65. The fraction of sp³-hybridized carbons (Fsp3) is 0.231. The van der Waals surface area contributed by atoms with Crippen molar-refractivity contribution in [1.29, 1.82) is 0 Å². The largest absolute Gasteiger partial charge is 0.296 e. The van der Waals surface area contributed by atoms with Gasteiger partial charge in [-0.3, -0.25) is 9.08 Å². The van der Waals surface area contributed by atoms with Crippen molar-refractivity contribution in [3.63, 3.8) is 0 Å². The van der Waals surface area contributed by atoms with Gasteiger partial charge in [-0.05, 0) is 47.9 Å². The molecule has 6 heteroatoms. The van der Waals surface area contributed by atoms with Crippen LogP contribution in [0.15, 0.2) is 89.8 Å². The molecule has 0 aliphatic carbocycles. The highest BCUT2D eigenvalue weighted by Crippen LogP contribution is 2.30. The third-order valence-corrected chi connectivity index (χ3v) is 6.94. The van der Waals surface area contributed by atoms with Crippen LogP contribution in [-0.4, -0.2) is 33.0 Å². The quantitative estimate of drug-likeness (QED) is 0.472. The Morgan fingerprint density at radius 3 is 2.34 bits per heavy atom. The van der Waals surface area contributed by atoms with Crippen molar-refractivity contribution in [2.45, 2.75) is 18.4 Å². The van der Waals surface area contributed by atoms with Gasteiger partial charge in [-0.15, -0.1) is 0 Å². The second-order valence-electron chi connectivity index (χ2n) is 8.09. The molecule has 32 heavy (non-hydrogen) atoms. The Kier molecular flexibility index (Phi) is 6.84. The van der Waals surface area contributed by atoms with Gasteiger partial charge in [-0.1, -0.05) is 66.2 Å². The fourth-order valence-electron chi connectivity index (χ4n) is 3.93. The Bertz CT molecular complexity index is 1170. The molecule has 3 aromatic carbocycles. The summed E-state index contributed by atoms with van der Waals surface area (Å²) >= 11 is 0. The summed E-state index contributed by atoms with van der Waals surface area (Å²) in [6.45, 7) is 4.05. The molecule has 0 spiro atoms. The number of benzene rings is 3. The zero-order valence-electron chi connectivity index (χ0n) is 17.9. The van der Waals surface area contributed by atoms with E-state index in [1.807, 2.05) is 25.1 Å². The van der Waals surface area contributed by atoms with Gasteiger partial charge in [0.1, 0.15) is 5.82 Å². The Morgan fingerprint density at radius 1 is 0.969 bits per heavy atom. The molecule has 0 bridgehead atoms. The SMILES string of the molecule is Cc1ccc(S(=O)(=O)OCC2CN(Cc3ccccc3)CC=C2c2ccc(F)cc2)cc1. The summed E-state index contributed by atoms with van der Waals surface area (Å²) in [7, 11) is -3.87. The summed E-state index contributed by atoms with van der Waals surface area (Å²) in [5.41, 5.74) is 4.04. The van der Waals surface area contributed by atoms with E-state index in [1.54, 1.807) is 36.4 Å². The Hall–Kier alpha value is -2.80. The molecule has 0 aromatic heterocycles. The minimum absolute atomic E-state index is 0.0186. The smallest absolute Gasteiger partial charge is 0.295 e. The molecular formula is C26H26FNO3S. The van der Waals surface area contributed by atoms with Gasteiger partial charge in [-0.25, -0.2) is 4.39 Å². The van der Waals surface area contributed by atoms with E-state index in [0.29, 0.717) is 6.54 Å². The number of halogens is 1. The number of hydrogen-bond donors (Lipinski definition) is 0. The Labute approximate surface area is 189 Å². The van der Waals surface area contributed by atoms with Crippen LogP contribution in [0.3, 0.4) is 0 Å². The summed E-state index contributed by atoms with van der Waals surface area (Å²) < 4.78 is 44.4. The van der Waals surface area contributed by atoms with Crippen molar-refractivity contribution in [3.05, 3.63) is 107 Å². The van der Waals surface area contributed by atoms with Gasteiger partial charge in [0.25, 0.3) is 10.1 Å². The van der Waals surface area contributed by atoms with E-state index in [4.69, 9.17) is 4.18 Å². The van der Waals surface area contributed by atoms with Crippen LogP contribution in [0.1, 0.15) is 16.7 Å². The first-order chi connectivity index (χ1) is 15.4. The minimum Gasteiger partial charge on any atom is -0.295 e. The van der Waals surface area contributed by atoms with Crippen LogP contribution in [-0.2, 0) is 20.8 Å². The van der Waals surface area contributed by atoms with Crippen LogP contribution in [0.4, 0.5) is 4.39 Å². The molecule has 0 saturated carbocycles. The summed E-state index contributed by atoms with van der Waals surface area (Å²) in [6, 6.07) is 23.1. The second-order valence-corrected chi connectivity index (χ2v) is 9.71. The highest BCUT2D eigenvalue weighted by molar-refractivity contribution is 7.86. The van der Waals surface area contributed by atoms with Crippen LogP contribution in [0.25, 0.3) is 5.57 Å². The first-order valence-corrected chi connectivity index (χ1v) is 12.0. The molecule has 1 atom stereocenters. The number of hydrogen-bond acceptors (Lipinski definition) is 4. The van der Waals surface area contributed by atoms with Crippen molar-refractivity contribution in [1.82, 2.24) is 4.90 Å². The van der Waals surface area contributed by atoms with E-state index in [0.717, 1.165) is 29.8 Å². The molecule has 0 N–H and O–H groups in total. The molecule has 0 fully saturated rings. The van der Waals surface area contributed by atoms with E-state index in [1.165, 1.54) is 17.7 Å². The molecule has 166 valence electrons. The topological polar surface area (TPSA) is 46.6 Å². The molecule has 4 rings (SSSR count). The normalized spacial score (nSPS) is 17.2. The molecule has 0 radical (unpaired) electrons. The first-order valence-electron chi connectivity index (χ1n) is 10.6. The Balaban J connectivity index is 1.54. The predicted molar refractivity (Wildman–Crippen MR) is 124 cm³/mol. The van der Waals surface area contributed by atoms with Crippen molar-refractivity contribution < 1.29 is 17.0 Å². The highest BCUT2D eigenvalue weighted by Gasteiger charge is 2.27. The van der Waals surface area contributed by atoms with Gasteiger partial charge in [0.05, 0.1) is 11.5 Å². The van der Waals surface area contributed by atoms with E-state index < -0.39 is 10.1 Å². The zero-order valence-corrected chi connectivity index (χ0v) is 18.8. The number of rotatable bonds is 7. The lowest BCUT2D eigenvalue weighted by Gasteiger charge is -2.33. The average Bonchev–Trinajstić information content (AvgIpc) is 2.80. The van der Waals surface area contributed by atoms with Gasteiger partial charge in [0, 0.05) is 25.6 Å². The first kappa shape index (κ1) is 22.4. The van der Waals surface area contributed by atoms with Gasteiger partial charge in [0.15, 0.2) is 0 Å². The maximum atomic E-state index is 13.4. The Morgan fingerprint density at radius 2 is 1.66 bits per heavy atom. The fourth-order valence-corrected chi connectivity index (χ4v) is 4.88. The van der Waals surface area contributed by atoms with Gasteiger partial charge in [-0.2, -0.15) is 8.42 Å². The summed E-state index contributed by atoms with van der Waals surface area (Å²) in [4.78, 5) is 2.40. The van der Waals surface area contributed by atoms with E-state index >= 15 is 0 Å². The summed E-state index contributed by atoms with van der Waals surface area (Å²) in [5.74, 6) is -0.469. The van der Waals surface area contributed by atoms with E-state index in [9.17, 15) is 12.8 Å². The van der Waals surface area contributed by atoms with Gasteiger partial charge in [0.2, 0.25) is 0 Å². The molecule has 1 aliphatic heterocycles. The van der Waals surface area contributed by atoms with Crippen molar-refractivity contribution in [2.75, 3.05) is 19.7 Å². The molecule has 1 heterocycles. The van der Waals surface area contributed by atoms with Crippen LogP contribution in [0.2, 0.25) is 0 Å². The zero-order chi connectivity index (χ0) is 22.6. The predicted octanol–water partition coefficient (Wildman–Crippen LogP) is 5.06. The molecule has 4 nitrogen and oxygen atoms in total. The molecule has 0 amide bonds. The average molecular weight is 452 g/mol. The van der Waals surface area contributed by atoms with Crippen LogP contribution in [0.5, 0.6) is 0 Å². The lowest BCUT2D eigenvalue weighted by atomic mass is 9.89. The maximum absolute atomic E-state index is 13.4. The monoisotopic (exact) mass is 451 g/mol. The molecule has 0 saturated heterocycles. The van der Waals surface area contributed by atoms with Crippen LogP contribution >= 0.6 is 0 Å². The summed E-state index contributed by atoms with van der Waals surface area (Å²) in [6.07, 6.45) is 2.09. The summed E-state index contributed by atoms with van der Waals surface area (Å²) in [5, 5.41) is 0. The lowest BCUT2D eigenvalue weighted by molar-refractivity contribution is 0.204. The van der Waals surface area contributed by atoms with Crippen molar-refractivity contribution >= 4 is 15.7 Å². The number of nitrogens with zero attached hydrogens (tertiary/aromatic N) is 1. The standard InChI is InChI=1S/C26H26FNO3S/c1-20-7-13-25(14-8-20)32(29,30)31-19-23-18-28(17-21-5-3-2-4-6-21)16-15-26(23)22-9-11-24(27)12-10-22/h2-15,23H,16-19H2,1H3. The lowest BCUT2D eigenvalue weighted by Crippen LogP contribution is -2.36. The van der Waals surface area contributed by atoms with Gasteiger partial charge >= 0.3 is 0 Å². The minimum atomic E-state index is -3.87. The molecule has 1 unspecified atom stereocenters. The number of aryl methyl sites for hydroxylation is 1. The second kappa shape index (κ2) is 9.77. The van der Waals surface area contributed by atoms with Gasteiger partial charge < -0.3 is 0 Å².